The molecule has 0 bridgehead atoms. The molecular weight excluding hydrogens is 361 g/mol. The first-order valence-corrected chi connectivity index (χ1v) is 9.05. The van der Waals surface area contributed by atoms with Gasteiger partial charge in [0.2, 0.25) is 5.91 Å². The third-order valence-corrected chi connectivity index (χ3v) is 4.69. The Bertz CT molecular complexity index is 639. The number of nitrogens with one attached hydrogen (secondary N) is 1. The van der Waals surface area contributed by atoms with Crippen LogP contribution >= 0.6 is 0 Å². The predicted octanol–water partition coefficient (Wildman–Crippen LogP) is 3.97. The summed E-state index contributed by atoms with van der Waals surface area (Å²) in [5.41, 5.74) is 2.18. The van der Waals surface area contributed by atoms with E-state index in [0.717, 1.165) is 17.5 Å². The van der Waals surface area contributed by atoms with E-state index in [1.807, 2.05) is 38.1 Å². The molecule has 1 aliphatic heterocycles. The van der Waals surface area contributed by atoms with E-state index in [1.165, 1.54) is 4.90 Å². The maximum absolute atomic E-state index is 12.5. The lowest BCUT2D eigenvalue weighted by atomic mass is 9.94. The topological polar surface area (TPSA) is 58.6 Å². The Morgan fingerprint density at radius 3 is 2.33 bits per heavy atom. The maximum Gasteiger partial charge on any atom is 0.422 e. The van der Waals surface area contributed by atoms with Crippen molar-refractivity contribution >= 4 is 12.0 Å². The summed E-state index contributed by atoms with van der Waals surface area (Å²) in [6.07, 6.45) is -3.98. The fourth-order valence-electron chi connectivity index (χ4n) is 3.07. The number of likely N-dealkylation sites (tertiary alicyclic amines) is 1. The largest absolute Gasteiger partial charge is 0.440 e. The van der Waals surface area contributed by atoms with Gasteiger partial charge in [-0.1, -0.05) is 36.8 Å². The molecule has 5 nitrogen and oxygen atoms in total. The Morgan fingerprint density at radius 1 is 1.22 bits per heavy atom. The van der Waals surface area contributed by atoms with Crippen molar-refractivity contribution in [3.63, 3.8) is 0 Å². The number of halogens is 3. The van der Waals surface area contributed by atoms with Gasteiger partial charge in [-0.05, 0) is 31.7 Å². The summed E-state index contributed by atoms with van der Waals surface area (Å²) in [6, 6.07) is 7.88. The number of carbonyl (C=O) groups is 2. The van der Waals surface area contributed by atoms with Crippen LogP contribution in [-0.2, 0) is 9.53 Å². The second-order valence-corrected chi connectivity index (χ2v) is 6.81. The van der Waals surface area contributed by atoms with Crippen molar-refractivity contribution in [2.45, 2.75) is 45.3 Å². The van der Waals surface area contributed by atoms with Crippen LogP contribution in [0, 0.1) is 12.8 Å². The maximum atomic E-state index is 12.5. The molecule has 27 heavy (non-hydrogen) atoms. The molecule has 1 heterocycles. The summed E-state index contributed by atoms with van der Waals surface area (Å²) < 4.78 is 40.6. The Labute approximate surface area is 156 Å². The number of carbonyl (C=O) groups excluding carboxylic acids is 2. The van der Waals surface area contributed by atoms with Crippen LogP contribution in [0.1, 0.15) is 43.4 Å². The smallest absolute Gasteiger partial charge is 0.422 e. The number of piperidine rings is 1. The zero-order valence-electron chi connectivity index (χ0n) is 15.5. The molecule has 1 aromatic rings. The lowest BCUT2D eigenvalue weighted by Gasteiger charge is -2.31. The molecule has 8 heteroatoms. The van der Waals surface area contributed by atoms with Gasteiger partial charge in [-0.3, -0.25) is 4.79 Å². The SMILES string of the molecule is CC[C@@H](NC(=O)C1CCN(C(=O)OCC(F)(F)F)CC1)c1ccc(C)cc1. The molecule has 2 amide bonds. The molecule has 0 radical (unpaired) electrons. The van der Waals surface area contributed by atoms with Crippen LogP contribution in [0.3, 0.4) is 0 Å². The molecule has 2 rings (SSSR count). The van der Waals surface area contributed by atoms with Crippen LogP contribution in [0.2, 0.25) is 0 Å². The van der Waals surface area contributed by atoms with E-state index in [0.29, 0.717) is 12.8 Å². The Kier molecular flexibility index (Phi) is 7.10. The standard InChI is InChI=1S/C19H25F3N2O3/c1-3-16(14-6-4-13(2)5-7-14)23-17(25)15-8-10-24(11-9-15)18(26)27-12-19(20,21)22/h4-7,15-16H,3,8-12H2,1-2H3,(H,23,25)/t16-/m1/s1. The van der Waals surface area contributed by atoms with Crippen LogP contribution in [0.25, 0.3) is 0 Å². The number of benzene rings is 1. The van der Waals surface area contributed by atoms with Crippen molar-refractivity contribution in [2.24, 2.45) is 5.92 Å². The lowest BCUT2D eigenvalue weighted by molar-refractivity contribution is -0.162. The molecule has 0 aliphatic carbocycles. The van der Waals surface area contributed by atoms with Gasteiger partial charge in [0, 0.05) is 19.0 Å². The number of amides is 2. The first kappa shape index (κ1) is 21.1. The van der Waals surface area contributed by atoms with E-state index in [1.54, 1.807) is 0 Å². The minimum Gasteiger partial charge on any atom is -0.440 e. The van der Waals surface area contributed by atoms with Gasteiger partial charge in [0.15, 0.2) is 6.61 Å². The molecule has 0 saturated carbocycles. The Morgan fingerprint density at radius 2 is 1.81 bits per heavy atom. The van der Waals surface area contributed by atoms with E-state index in [4.69, 9.17) is 0 Å². The van der Waals surface area contributed by atoms with Gasteiger partial charge < -0.3 is 15.0 Å². The lowest BCUT2D eigenvalue weighted by Crippen LogP contribution is -2.44. The highest BCUT2D eigenvalue weighted by Crippen LogP contribution is 2.23. The van der Waals surface area contributed by atoms with Gasteiger partial charge >= 0.3 is 12.3 Å². The first-order chi connectivity index (χ1) is 12.7. The third-order valence-electron chi connectivity index (χ3n) is 4.69. The first-order valence-electron chi connectivity index (χ1n) is 9.05. The van der Waals surface area contributed by atoms with Crippen LogP contribution in [0.5, 0.6) is 0 Å². The molecule has 1 aromatic carbocycles. The van der Waals surface area contributed by atoms with Crippen molar-refractivity contribution in [2.75, 3.05) is 19.7 Å². The number of alkyl halides is 3. The summed E-state index contributed by atoms with van der Waals surface area (Å²) in [7, 11) is 0. The van der Waals surface area contributed by atoms with E-state index >= 15 is 0 Å². The molecule has 1 fully saturated rings. The van der Waals surface area contributed by atoms with Crippen LogP contribution in [0.15, 0.2) is 24.3 Å². The van der Waals surface area contributed by atoms with Gasteiger partial charge in [-0.15, -0.1) is 0 Å². The molecule has 1 N–H and O–H groups in total. The van der Waals surface area contributed by atoms with Crippen molar-refractivity contribution in [3.05, 3.63) is 35.4 Å². The summed E-state index contributed by atoms with van der Waals surface area (Å²) >= 11 is 0. The Balaban J connectivity index is 1.83. The second kappa shape index (κ2) is 9.10. The summed E-state index contributed by atoms with van der Waals surface area (Å²) in [5.74, 6) is -0.359. The van der Waals surface area contributed by atoms with Crippen LogP contribution < -0.4 is 5.32 Å². The monoisotopic (exact) mass is 386 g/mol. The fourth-order valence-corrected chi connectivity index (χ4v) is 3.07. The molecule has 0 spiro atoms. The summed E-state index contributed by atoms with van der Waals surface area (Å²) in [5, 5.41) is 3.04. The average molecular weight is 386 g/mol. The van der Waals surface area contributed by atoms with Crippen molar-refractivity contribution < 1.29 is 27.5 Å². The number of rotatable bonds is 5. The highest BCUT2D eigenvalue weighted by Gasteiger charge is 2.33. The highest BCUT2D eigenvalue weighted by molar-refractivity contribution is 5.79. The van der Waals surface area contributed by atoms with Gasteiger partial charge in [0.1, 0.15) is 0 Å². The van der Waals surface area contributed by atoms with Gasteiger partial charge in [-0.25, -0.2) is 4.79 Å². The minimum absolute atomic E-state index is 0.0899. The number of aryl methyl sites for hydroxylation is 1. The zero-order valence-corrected chi connectivity index (χ0v) is 15.5. The number of ether oxygens (including phenoxy) is 1. The molecular formula is C19H25F3N2O3. The van der Waals surface area contributed by atoms with Crippen LogP contribution in [-0.4, -0.2) is 42.8 Å². The number of nitrogens with zero attached hydrogens (tertiary/aromatic N) is 1. The van der Waals surface area contributed by atoms with E-state index in [9.17, 15) is 22.8 Å². The quantitative estimate of drug-likeness (QED) is 0.833. The van der Waals surface area contributed by atoms with E-state index < -0.39 is 18.9 Å². The Hall–Kier alpha value is -2.25. The second-order valence-electron chi connectivity index (χ2n) is 6.81. The average Bonchev–Trinajstić information content (AvgIpc) is 2.64. The van der Waals surface area contributed by atoms with Crippen molar-refractivity contribution in [1.29, 1.82) is 0 Å². The number of hydrogen-bond acceptors (Lipinski definition) is 3. The molecule has 1 aliphatic rings. The van der Waals surface area contributed by atoms with E-state index in [2.05, 4.69) is 10.1 Å². The summed E-state index contributed by atoms with van der Waals surface area (Å²) in [6.45, 7) is 2.80. The van der Waals surface area contributed by atoms with E-state index in [-0.39, 0.29) is 31.0 Å². The van der Waals surface area contributed by atoms with Crippen molar-refractivity contribution in [1.82, 2.24) is 10.2 Å². The molecule has 1 saturated heterocycles. The molecule has 1 atom stereocenters. The summed E-state index contributed by atoms with van der Waals surface area (Å²) in [4.78, 5) is 25.4. The molecule has 0 unspecified atom stereocenters. The fraction of sp³-hybridized carbons (Fsp3) is 0.579. The molecule has 0 aromatic heterocycles. The predicted molar refractivity (Wildman–Crippen MR) is 94.1 cm³/mol. The van der Waals surface area contributed by atoms with Gasteiger partial charge in [0.25, 0.3) is 0 Å². The third kappa shape index (κ3) is 6.45. The molecule has 150 valence electrons. The normalized spacial score (nSPS) is 16.7. The minimum atomic E-state index is -4.54. The van der Waals surface area contributed by atoms with Gasteiger partial charge in [0.05, 0.1) is 6.04 Å². The van der Waals surface area contributed by atoms with Crippen LogP contribution in [0.4, 0.5) is 18.0 Å². The highest BCUT2D eigenvalue weighted by atomic mass is 19.4. The zero-order chi connectivity index (χ0) is 20.0. The number of hydrogen-bond donors (Lipinski definition) is 1. The van der Waals surface area contributed by atoms with Crippen molar-refractivity contribution in [3.8, 4) is 0 Å². The van der Waals surface area contributed by atoms with Gasteiger partial charge in [-0.2, -0.15) is 13.2 Å².